The van der Waals surface area contributed by atoms with Crippen LogP contribution in [0.1, 0.15) is 33.6 Å². The summed E-state index contributed by atoms with van der Waals surface area (Å²) in [5.41, 5.74) is 0.332. The van der Waals surface area contributed by atoms with Crippen LogP contribution in [0.4, 0.5) is 0 Å². The Morgan fingerprint density at radius 3 is 2.45 bits per heavy atom. The van der Waals surface area contributed by atoms with Crippen LogP contribution in [-0.4, -0.2) is 24.8 Å². The molecule has 0 aromatic carbocycles. The molecule has 0 aliphatic carbocycles. The summed E-state index contributed by atoms with van der Waals surface area (Å²) in [6, 6.07) is 0. The fourth-order valence-corrected chi connectivity index (χ4v) is 1.11. The van der Waals surface area contributed by atoms with Gasteiger partial charge < -0.3 is 10.4 Å². The lowest BCUT2D eigenvalue weighted by molar-refractivity contribution is 0.237. The van der Waals surface area contributed by atoms with E-state index in [9.17, 15) is 0 Å². The maximum Gasteiger partial charge on any atom is 0.0431 e. The van der Waals surface area contributed by atoms with Gasteiger partial charge >= 0.3 is 0 Å². The predicted octanol–water partition coefficient (Wildman–Crippen LogP) is 1.39. The van der Waals surface area contributed by atoms with Crippen molar-refractivity contribution in [2.75, 3.05) is 19.7 Å². The minimum absolute atomic E-state index is 0.315. The van der Waals surface area contributed by atoms with E-state index in [1.807, 2.05) is 0 Å². The highest BCUT2D eigenvalue weighted by Gasteiger charge is 2.15. The first kappa shape index (κ1) is 10.9. The van der Waals surface area contributed by atoms with E-state index in [2.05, 4.69) is 26.1 Å². The number of aliphatic hydroxyl groups excluding tert-OH is 1. The molecule has 0 aliphatic heterocycles. The Hall–Kier alpha value is -0.0800. The molecule has 0 radical (unpaired) electrons. The van der Waals surface area contributed by atoms with Gasteiger partial charge in [-0.05, 0) is 24.8 Å². The molecule has 0 heterocycles. The van der Waals surface area contributed by atoms with Crippen LogP contribution in [0, 0.1) is 5.41 Å². The van der Waals surface area contributed by atoms with Gasteiger partial charge in [-0.25, -0.2) is 0 Å². The molecule has 0 unspecified atom stereocenters. The molecule has 0 rings (SSSR count). The first-order chi connectivity index (χ1) is 5.12. The maximum absolute atomic E-state index is 8.63. The molecule has 0 saturated heterocycles. The summed E-state index contributed by atoms with van der Waals surface area (Å²) in [7, 11) is 0. The van der Waals surface area contributed by atoms with Crippen molar-refractivity contribution in [2.24, 2.45) is 5.41 Å². The normalized spacial score (nSPS) is 12.0. The van der Waals surface area contributed by atoms with E-state index in [1.165, 1.54) is 0 Å². The second-order valence-electron chi connectivity index (χ2n) is 3.77. The summed E-state index contributed by atoms with van der Waals surface area (Å²) >= 11 is 0. The van der Waals surface area contributed by atoms with Crippen molar-refractivity contribution in [1.29, 1.82) is 0 Å². The van der Waals surface area contributed by atoms with Gasteiger partial charge in [0.1, 0.15) is 0 Å². The third-order valence-corrected chi connectivity index (χ3v) is 1.87. The Morgan fingerprint density at radius 2 is 2.00 bits per heavy atom. The zero-order valence-electron chi connectivity index (χ0n) is 7.98. The molecule has 2 heteroatoms. The first-order valence-corrected chi connectivity index (χ1v) is 4.44. The Kier molecular flexibility index (Phi) is 5.51. The molecule has 0 amide bonds. The topological polar surface area (TPSA) is 32.3 Å². The molecule has 0 spiro atoms. The first-order valence-electron chi connectivity index (χ1n) is 4.44. The van der Waals surface area contributed by atoms with Crippen LogP contribution in [0.15, 0.2) is 0 Å². The monoisotopic (exact) mass is 159 g/mol. The van der Waals surface area contributed by atoms with Gasteiger partial charge in [0.2, 0.25) is 0 Å². The third-order valence-electron chi connectivity index (χ3n) is 1.87. The largest absolute Gasteiger partial charge is 0.396 e. The lowest BCUT2D eigenvalue weighted by Crippen LogP contribution is -2.29. The molecule has 0 saturated carbocycles. The fourth-order valence-electron chi connectivity index (χ4n) is 1.11. The number of hydrogen-bond donors (Lipinski definition) is 2. The standard InChI is InChI=1S/C9H21NO/c1-4-10-8-9(2,3)6-5-7-11/h10-11H,4-8H2,1-3H3. The van der Waals surface area contributed by atoms with E-state index in [1.54, 1.807) is 0 Å². The van der Waals surface area contributed by atoms with Crippen LogP contribution in [0.2, 0.25) is 0 Å². The Labute approximate surface area is 70.0 Å². The summed E-state index contributed by atoms with van der Waals surface area (Å²) in [5, 5.41) is 12.0. The van der Waals surface area contributed by atoms with Crippen LogP contribution in [0.5, 0.6) is 0 Å². The molecule has 0 aliphatic rings. The smallest absolute Gasteiger partial charge is 0.0431 e. The lowest BCUT2D eigenvalue weighted by atomic mass is 9.88. The van der Waals surface area contributed by atoms with Gasteiger partial charge in [0.25, 0.3) is 0 Å². The van der Waals surface area contributed by atoms with Gasteiger partial charge in [0.05, 0.1) is 0 Å². The number of rotatable bonds is 6. The molecule has 0 aromatic heterocycles. The maximum atomic E-state index is 8.63. The van der Waals surface area contributed by atoms with Crippen LogP contribution >= 0.6 is 0 Å². The molecule has 2 nitrogen and oxygen atoms in total. The molecule has 0 fully saturated rings. The average Bonchev–Trinajstić information content (AvgIpc) is 1.97. The SMILES string of the molecule is CCNCC(C)(C)CCCO. The highest BCUT2D eigenvalue weighted by molar-refractivity contribution is 4.70. The number of nitrogens with one attached hydrogen (secondary N) is 1. The van der Waals surface area contributed by atoms with Crippen molar-refractivity contribution in [1.82, 2.24) is 5.32 Å². The van der Waals surface area contributed by atoms with E-state index in [-0.39, 0.29) is 0 Å². The molecular formula is C9H21NO. The van der Waals surface area contributed by atoms with Crippen molar-refractivity contribution >= 4 is 0 Å². The fraction of sp³-hybridized carbons (Fsp3) is 1.00. The summed E-state index contributed by atoms with van der Waals surface area (Å²) in [6.45, 7) is 8.96. The van der Waals surface area contributed by atoms with E-state index in [0.717, 1.165) is 25.9 Å². The summed E-state index contributed by atoms with van der Waals surface area (Å²) in [4.78, 5) is 0. The third kappa shape index (κ3) is 6.32. The zero-order chi connectivity index (χ0) is 8.74. The highest BCUT2D eigenvalue weighted by atomic mass is 16.2. The minimum atomic E-state index is 0.315. The molecule has 68 valence electrons. The summed E-state index contributed by atoms with van der Waals surface area (Å²) in [6.07, 6.45) is 2.01. The summed E-state index contributed by atoms with van der Waals surface area (Å²) in [5.74, 6) is 0. The van der Waals surface area contributed by atoms with Crippen LogP contribution in [0.25, 0.3) is 0 Å². The number of hydrogen-bond acceptors (Lipinski definition) is 2. The van der Waals surface area contributed by atoms with E-state index in [4.69, 9.17) is 5.11 Å². The van der Waals surface area contributed by atoms with Gasteiger partial charge in [-0.15, -0.1) is 0 Å². The van der Waals surface area contributed by atoms with Crippen molar-refractivity contribution in [3.63, 3.8) is 0 Å². The lowest BCUT2D eigenvalue weighted by Gasteiger charge is -2.24. The zero-order valence-corrected chi connectivity index (χ0v) is 7.98. The second kappa shape index (κ2) is 5.56. The van der Waals surface area contributed by atoms with Gasteiger partial charge in [0.15, 0.2) is 0 Å². The molecule has 11 heavy (non-hydrogen) atoms. The van der Waals surface area contributed by atoms with Crippen LogP contribution < -0.4 is 5.32 Å². The van der Waals surface area contributed by atoms with Crippen molar-refractivity contribution in [3.05, 3.63) is 0 Å². The van der Waals surface area contributed by atoms with Gasteiger partial charge in [-0.1, -0.05) is 20.8 Å². The van der Waals surface area contributed by atoms with Crippen LogP contribution in [0.3, 0.4) is 0 Å². The van der Waals surface area contributed by atoms with E-state index in [0.29, 0.717) is 12.0 Å². The second-order valence-corrected chi connectivity index (χ2v) is 3.77. The Morgan fingerprint density at radius 1 is 1.36 bits per heavy atom. The molecule has 0 atom stereocenters. The van der Waals surface area contributed by atoms with Gasteiger partial charge in [-0.2, -0.15) is 0 Å². The van der Waals surface area contributed by atoms with Gasteiger partial charge in [0, 0.05) is 13.2 Å². The van der Waals surface area contributed by atoms with Crippen molar-refractivity contribution in [2.45, 2.75) is 33.6 Å². The van der Waals surface area contributed by atoms with Crippen molar-refractivity contribution < 1.29 is 5.11 Å². The van der Waals surface area contributed by atoms with Gasteiger partial charge in [-0.3, -0.25) is 0 Å². The Bertz CT molecular complexity index is 81.6. The molecular weight excluding hydrogens is 138 g/mol. The molecule has 0 bridgehead atoms. The average molecular weight is 159 g/mol. The molecule has 2 N–H and O–H groups in total. The molecule has 0 aromatic rings. The highest BCUT2D eigenvalue weighted by Crippen LogP contribution is 2.20. The minimum Gasteiger partial charge on any atom is -0.396 e. The van der Waals surface area contributed by atoms with Crippen LogP contribution in [-0.2, 0) is 0 Å². The van der Waals surface area contributed by atoms with Crippen molar-refractivity contribution in [3.8, 4) is 0 Å². The Balaban J connectivity index is 3.43. The van der Waals surface area contributed by atoms with E-state index >= 15 is 0 Å². The summed E-state index contributed by atoms with van der Waals surface area (Å²) < 4.78 is 0. The van der Waals surface area contributed by atoms with E-state index < -0.39 is 0 Å². The number of aliphatic hydroxyl groups is 1. The predicted molar refractivity (Wildman–Crippen MR) is 48.6 cm³/mol. The quantitative estimate of drug-likeness (QED) is 0.614.